The molecular weight excluding hydrogens is 308 g/mol. The van der Waals surface area contributed by atoms with Crippen LogP contribution in [0.2, 0.25) is 0 Å². The van der Waals surface area contributed by atoms with Crippen molar-refractivity contribution < 1.29 is 4.92 Å². The molecule has 0 bridgehead atoms. The summed E-state index contributed by atoms with van der Waals surface area (Å²) in [6.07, 6.45) is 0. The zero-order valence-electron chi connectivity index (χ0n) is 12.1. The molecule has 2 rings (SSSR count). The lowest BCUT2D eigenvalue weighted by Gasteiger charge is -1.94. The molecule has 0 aliphatic rings. The highest BCUT2D eigenvalue weighted by molar-refractivity contribution is 5.54. The van der Waals surface area contributed by atoms with E-state index in [9.17, 15) is 10.1 Å². The van der Waals surface area contributed by atoms with Crippen molar-refractivity contribution in [3.63, 3.8) is 0 Å². The van der Waals surface area contributed by atoms with Crippen molar-refractivity contribution in [1.29, 1.82) is 21.0 Å². The van der Waals surface area contributed by atoms with E-state index >= 15 is 0 Å². The zero-order valence-corrected chi connectivity index (χ0v) is 12.1. The number of nitro benzene ring substituents is 1. The van der Waals surface area contributed by atoms with E-state index in [1.807, 2.05) is 12.1 Å². The Morgan fingerprint density at radius 3 is 1.71 bits per heavy atom. The number of nitrogens with two attached hydrogens (primary N) is 1. The van der Waals surface area contributed by atoms with Gasteiger partial charge in [0.25, 0.3) is 5.69 Å². The molecule has 0 fully saturated rings. The second-order valence-electron chi connectivity index (χ2n) is 4.24. The van der Waals surface area contributed by atoms with E-state index < -0.39 is 4.92 Å². The van der Waals surface area contributed by atoms with Gasteiger partial charge in [-0.2, -0.15) is 21.0 Å². The first-order valence-corrected chi connectivity index (χ1v) is 6.25. The molecule has 0 amide bonds. The normalized spacial score (nSPS) is 8.33. The Morgan fingerprint density at radius 1 is 0.792 bits per heavy atom. The SMILES string of the molecule is N#Cc1ccc(N)cc1C#N.N#Cc1ccc([N+](=O)[O-])cc1C#N. The highest BCUT2D eigenvalue weighted by Gasteiger charge is 2.09. The minimum Gasteiger partial charge on any atom is -0.399 e. The lowest BCUT2D eigenvalue weighted by Crippen LogP contribution is -1.90. The Kier molecular flexibility index (Phi) is 5.99. The molecule has 2 aromatic carbocycles. The maximum absolute atomic E-state index is 10.3. The summed E-state index contributed by atoms with van der Waals surface area (Å²) in [7, 11) is 0. The van der Waals surface area contributed by atoms with Crippen LogP contribution in [-0.4, -0.2) is 4.92 Å². The second-order valence-corrected chi connectivity index (χ2v) is 4.24. The molecule has 0 saturated heterocycles. The van der Waals surface area contributed by atoms with E-state index in [1.54, 1.807) is 18.2 Å². The fourth-order valence-corrected chi connectivity index (χ4v) is 1.59. The summed E-state index contributed by atoms with van der Waals surface area (Å²) in [4.78, 5) is 9.67. The van der Waals surface area contributed by atoms with Crippen LogP contribution >= 0.6 is 0 Å². The molecule has 24 heavy (non-hydrogen) atoms. The summed E-state index contributed by atoms with van der Waals surface area (Å²) < 4.78 is 0. The maximum Gasteiger partial charge on any atom is 0.270 e. The molecule has 114 valence electrons. The number of rotatable bonds is 1. The predicted molar refractivity (Wildman–Crippen MR) is 82.8 cm³/mol. The van der Waals surface area contributed by atoms with Crippen molar-refractivity contribution in [1.82, 2.24) is 0 Å². The third-order valence-electron chi connectivity index (χ3n) is 2.74. The van der Waals surface area contributed by atoms with Gasteiger partial charge in [0.2, 0.25) is 0 Å². The molecule has 2 aromatic rings. The number of hydrogen-bond donors (Lipinski definition) is 1. The van der Waals surface area contributed by atoms with Crippen LogP contribution < -0.4 is 5.73 Å². The molecule has 0 saturated carbocycles. The second kappa shape index (κ2) is 8.14. The van der Waals surface area contributed by atoms with Crippen molar-refractivity contribution in [3.8, 4) is 24.3 Å². The van der Waals surface area contributed by atoms with Crippen LogP contribution in [-0.2, 0) is 0 Å². The maximum atomic E-state index is 10.3. The highest BCUT2D eigenvalue weighted by atomic mass is 16.6. The summed E-state index contributed by atoms with van der Waals surface area (Å²) >= 11 is 0. The zero-order chi connectivity index (χ0) is 18.1. The molecule has 8 heteroatoms. The Labute approximate surface area is 137 Å². The van der Waals surface area contributed by atoms with Gasteiger partial charge in [0, 0.05) is 17.8 Å². The monoisotopic (exact) mass is 316 g/mol. The number of non-ortho nitro benzene ring substituents is 1. The molecule has 8 nitrogen and oxygen atoms in total. The third kappa shape index (κ3) is 4.30. The van der Waals surface area contributed by atoms with Crippen LogP contribution in [0.25, 0.3) is 0 Å². The van der Waals surface area contributed by atoms with Crippen LogP contribution in [0.3, 0.4) is 0 Å². The number of nitro groups is 1. The van der Waals surface area contributed by atoms with Crippen molar-refractivity contribution in [2.24, 2.45) is 0 Å². The van der Waals surface area contributed by atoms with Gasteiger partial charge >= 0.3 is 0 Å². The summed E-state index contributed by atoms with van der Waals surface area (Å²) in [5.41, 5.74) is 6.57. The number of nitriles is 4. The molecule has 2 N–H and O–H groups in total. The Balaban J connectivity index is 0.000000243. The van der Waals surface area contributed by atoms with Gasteiger partial charge in [0.05, 0.1) is 27.2 Å². The first-order chi connectivity index (χ1) is 11.5. The first kappa shape index (κ1) is 17.7. The number of nitrogens with zero attached hydrogens (tertiary/aromatic N) is 5. The summed E-state index contributed by atoms with van der Waals surface area (Å²) in [6, 6.07) is 15.4. The minimum absolute atomic E-state index is 0.0247. The average Bonchev–Trinajstić information content (AvgIpc) is 2.61. The van der Waals surface area contributed by atoms with Gasteiger partial charge in [0.15, 0.2) is 0 Å². The minimum atomic E-state index is -0.609. The third-order valence-corrected chi connectivity index (χ3v) is 2.74. The number of nitrogen functional groups attached to an aromatic ring is 1. The van der Waals surface area contributed by atoms with Gasteiger partial charge in [-0.25, -0.2) is 0 Å². The number of hydrogen-bond acceptors (Lipinski definition) is 7. The van der Waals surface area contributed by atoms with Gasteiger partial charge in [-0.15, -0.1) is 0 Å². The largest absolute Gasteiger partial charge is 0.399 e. The average molecular weight is 316 g/mol. The molecule has 0 aliphatic heterocycles. The Morgan fingerprint density at radius 2 is 1.25 bits per heavy atom. The fourth-order valence-electron chi connectivity index (χ4n) is 1.59. The first-order valence-electron chi connectivity index (χ1n) is 6.25. The number of benzene rings is 2. The van der Waals surface area contributed by atoms with Crippen LogP contribution in [0.1, 0.15) is 22.3 Å². The summed E-state index contributed by atoms with van der Waals surface area (Å²) in [5, 5.41) is 44.3. The van der Waals surface area contributed by atoms with E-state index in [4.69, 9.17) is 26.8 Å². The molecule has 0 heterocycles. The highest BCUT2D eigenvalue weighted by Crippen LogP contribution is 2.16. The van der Waals surface area contributed by atoms with Crippen molar-refractivity contribution >= 4 is 11.4 Å². The Bertz CT molecular complexity index is 954. The van der Waals surface area contributed by atoms with Crippen molar-refractivity contribution in [3.05, 3.63) is 68.8 Å². The van der Waals surface area contributed by atoms with Gasteiger partial charge in [0.1, 0.15) is 24.3 Å². The lowest BCUT2D eigenvalue weighted by atomic mass is 10.1. The van der Waals surface area contributed by atoms with Crippen LogP contribution in [0.5, 0.6) is 0 Å². The molecule has 0 radical (unpaired) electrons. The number of anilines is 1. The van der Waals surface area contributed by atoms with Crippen LogP contribution in [0.4, 0.5) is 11.4 Å². The van der Waals surface area contributed by atoms with Crippen molar-refractivity contribution in [2.45, 2.75) is 0 Å². The van der Waals surface area contributed by atoms with Gasteiger partial charge < -0.3 is 5.73 Å². The lowest BCUT2D eigenvalue weighted by molar-refractivity contribution is -0.384. The Hall–Kier alpha value is -4.40. The molecule has 0 aromatic heterocycles. The smallest absolute Gasteiger partial charge is 0.270 e. The van der Waals surface area contributed by atoms with E-state index in [-0.39, 0.29) is 16.8 Å². The van der Waals surface area contributed by atoms with E-state index in [1.165, 1.54) is 24.3 Å². The molecule has 0 atom stereocenters. The summed E-state index contributed by atoms with van der Waals surface area (Å²) in [6.45, 7) is 0. The van der Waals surface area contributed by atoms with E-state index in [2.05, 4.69) is 0 Å². The van der Waals surface area contributed by atoms with E-state index in [0.717, 1.165) is 6.07 Å². The van der Waals surface area contributed by atoms with Crippen LogP contribution in [0, 0.1) is 55.4 Å². The molecule has 0 unspecified atom stereocenters. The van der Waals surface area contributed by atoms with Crippen molar-refractivity contribution in [2.75, 3.05) is 5.73 Å². The van der Waals surface area contributed by atoms with E-state index in [0.29, 0.717) is 16.8 Å². The topological polar surface area (TPSA) is 164 Å². The molecule has 0 spiro atoms. The standard InChI is InChI=1S/C8H3N3O2.C8H5N3/c9-4-6-1-2-8(11(12)13)3-7(6)5-10;9-4-6-1-2-8(11)3-7(6)5-10/h1-3H;1-3H,11H2. The fraction of sp³-hybridized carbons (Fsp3) is 0. The van der Waals surface area contributed by atoms with Gasteiger partial charge in [-0.05, 0) is 24.3 Å². The molecule has 0 aliphatic carbocycles. The predicted octanol–water partition coefficient (Wildman–Crippen LogP) is 2.35. The summed E-state index contributed by atoms with van der Waals surface area (Å²) in [5.74, 6) is 0. The quantitative estimate of drug-likeness (QED) is 0.479. The van der Waals surface area contributed by atoms with Crippen LogP contribution in [0.15, 0.2) is 36.4 Å². The van der Waals surface area contributed by atoms with Gasteiger partial charge in [-0.1, -0.05) is 0 Å². The van der Waals surface area contributed by atoms with Gasteiger partial charge in [-0.3, -0.25) is 10.1 Å². The molecular formula is C16H8N6O2.